The fraction of sp³-hybridized carbons (Fsp3) is 0.381. The Balaban J connectivity index is 1.91. The molecule has 3 heteroatoms. The zero-order valence-electron chi connectivity index (χ0n) is 15.2. The Bertz CT molecular complexity index is 673. The van der Waals surface area contributed by atoms with Crippen molar-refractivity contribution in [3.05, 3.63) is 64.7 Å². The summed E-state index contributed by atoms with van der Waals surface area (Å²) in [6, 6.07) is 14.7. The van der Waals surface area contributed by atoms with Crippen LogP contribution in [0.2, 0.25) is 0 Å². The van der Waals surface area contributed by atoms with Crippen LogP contribution in [-0.4, -0.2) is 19.0 Å². The second-order valence-corrected chi connectivity index (χ2v) is 6.22. The largest absolute Gasteiger partial charge is 0.372 e. The predicted octanol–water partition coefficient (Wildman–Crippen LogP) is 4.01. The molecular weight excluding hydrogens is 296 g/mol. The predicted molar refractivity (Wildman–Crippen MR) is 101 cm³/mol. The second-order valence-electron chi connectivity index (χ2n) is 6.22. The maximum atomic E-state index is 12.2. The second kappa shape index (κ2) is 8.53. The molecule has 0 unspecified atom stereocenters. The number of amides is 1. The molecule has 0 saturated carbocycles. The Kier molecular flexibility index (Phi) is 6.42. The molecular formula is C21H28N2O. The van der Waals surface area contributed by atoms with Crippen molar-refractivity contribution in [3.8, 4) is 0 Å². The van der Waals surface area contributed by atoms with E-state index < -0.39 is 0 Å². The maximum Gasteiger partial charge on any atom is 0.224 e. The van der Waals surface area contributed by atoms with Crippen LogP contribution >= 0.6 is 0 Å². The summed E-state index contributed by atoms with van der Waals surface area (Å²) in [5.41, 5.74) is 5.81. The van der Waals surface area contributed by atoms with Gasteiger partial charge in [-0.1, -0.05) is 35.9 Å². The molecule has 0 aliphatic carbocycles. The highest BCUT2D eigenvalue weighted by molar-refractivity contribution is 5.79. The molecule has 0 bridgehead atoms. The van der Waals surface area contributed by atoms with E-state index in [0.717, 1.165) is 24.2 Å². The van der Waals surface area contributed by atoms with Crippen molar-refractivity contribution < 1.29 is 4.79 Å². The van der Waals surface area contributed by atoms with Gasteiger partial charge in [-0.15, -0.1) is 0 Å². The first-order valence-electron chi connectivity index (χ1n) is 8.70. The summed E-state index contributed by atoms with van der Waals surface area (Å²) in [5.74, 6) is 0.0662. The molecule has 0 aliphatic heterocycles. The summed E-state index contributed by atoms with van der Waals surface area (Å²) in [7, 11) is 0. The van der Waals surface area contributed by atoms with E-state index in [1.807, 2.05) is 6.92 Å². The van der Waals surface area contributed by atoms with Crippen LogP contribution < -0.4 is 10.2 Å². The van der Waals surface area contributed by atoms with Crippen molar-refractivity contribution in [1.82, 2.24) is 5.32 Å². The van der Waals surface area contributed by atoms with E-state index in [1.165, 1.54) is 16.8 Å². The molecule has 0 fully saturated rings. The molecule has 0 aliphatic rings. The molecule has 0 radical (unpaired) electrons. The zero-order valence-corrected chi connectivity index (χ0v) is 15.2. The minimum Gasteiger partial charge on any atom is -0.372 e. The van der Waals surface area contributed by atoms with Gasteiger partial charge in [-0.25, -0.2) is 0 Å². The van der Waals surface area contributed by atoms with Crippen LogP contribution in [0, 0.1) is 13.8 Å². The van der Waals surface area contributed by atoms with Gasteiger partial charge < -0.3 is 10.2 Å². The van der Waals surface area contributed by atoms with Crippen LogP contribution in [0.5, 0.6) is 0 Å². The van der Waals surface area contributed by atoms with Gasteiger partial charge in [-0.05, 0) is 56.5 Å². The van der Waals surface area contributed by atoms with E-state index >= 15 is 0 Å². The number of anilines is 1. The van der Waals surface area contributed by atoms with Crippen molar-refractivity contribution >= 4 is 11.6 Å². The highest BCUT2D eigenvalue weighted by atomic mass is 16.1. The topological polar surface area (TPSA) is 32.3 Å². The summed E-state index contributed by atoms with van der Waals surface area (Å²) >= 11 is 0. The van der Waals surface area contributed by atoms with E-state index in [0.29, 0.717) is 13.0 Å². The molecule has 2 aromatic carbocycles. The summed E-state index contributed by atoms with van der Waals surface area (Å²) < 4.78 is 0. The Morgan fingerprint density at radius 1 is 1.00 bits per heavy atom. The molecule has 1 amide bonds. The third-order valence-electron chi connectivity index (χ3n) is 4.41. The molecule has 128 valence electrons. The summed E-state index contributed by atoms with van der Waals surface area (Å²) in [6.45, 7) is 11.0. The van der Waals surface area contributed by atoms with Gasteiger partial charge in [0.2, 0.25) is 5.91 Å². The summed E-state index contributed by atoms with van der Waals surface area (Å²) in [5, 5.41) is 3.02. The molecule has 0 spiro atoms. The minimum absolute atomic E-state index is 0.0662. The molecule has 0 aromatic heterocycles. The Morgan fingerprint density at radius 3 is 2.29 bits per heavy atom. The SMILES string of the molecule is CCN(CC)c1ccc(CNC(=O)Cc2cc(C)ccc2C)cc1. The third kappa shape index (κ3) is 4.85. The first-order valence-corrected chi connectivity index (χ1v) is 8.70. The highest BCUT2D eigenvalue weighted by Gasteiger charge is 2.07. The molecule has 1 N–H and O–H groups in total. The Labute approximate surface area is 145 Å². The number of aryl methyl sites for hydroxylation is 2. The van der Waals surface area contributed by atoms with E-state index in [9.17, 15) is 4.79 Å². The van der Waals surface area contributed by atoms with E-state index in [2.05, 4.69) is 73.5 Å². The van der Waals surface area contributed by atoms with Gasteiger partial charge in [0, 0.05) is 25.3 Å². The molecule has 0 heterocycles. The van der Waals surface area contributed by atoms with Crippen LogP contribution in [0.25, 0.3) is 0 Å². The Morgan fingerprint density at radius 2 is 1.67 bits per heavy atom. The summed E-state index contributed by atoms with van der Waals surface area (Å²) in [4.78, 5) is 14.5. The quantitative estimate of drug-likeness (QED) is 0.834. The third-order valence-corrected chi connectivity index (χ3v) is 4.41. The van der Waals surface area contributed by atoms with Crippen molar-refractivity contribution in [3.63, 3.8) is 0 Å². The van der Waals surface area contributed by atoms with Crippen molar-refractivity contribution in [2.75, 3.05) is 18.0 Å². The number of nitrogens with zero attached hydrogens (tertiary/aromatic N) is 1. The molecule has 0 atom stereocenters. The number of nitrogens with one attached hydrogen (secondary N) is 1. The first-order chi connectivity index (χ1) is 11.5. The highest BCUT2D eigenvalue weighted by Crippen LogP contribution is 2.15. The van der Waals surface area contributed by atoms with E-state index in [-0.39, 0.29) is 5.91 Å². The molecule has 3 nitrogen and oxygen atoms in total. The number of benzene rings is 2. The van der Waals surface area contributed by atoms with Crippen LogP contribution in [0.15, 0.2) is 42.5 Å². The van der Waals surface area contributed by atoms with Gasteiger partial charge in [0.1, 0.15) is 0 Å². The lowest BCUT2D eigenvalue weighted by Crippen LogP contribution is -2.25. The van der Waals surface area contributed by atoms with Crippen LogP contribution in [0.3, 0.4) is 0 Å². The van der Waals surface area contributed by atoms with E-state index in [1.54, 1.807) is 0 Å². The average molecular weight is 324 g/mol. The number of rotatable bonds is 7. The number of hydrogen-bond acceptors (Lipinski definition) is 2. The molecule has 24 heavy (non-hydrogen) atoms. The van der Waals surface area contributed by atoms with Gasteiger partial charge in [-0.2, -0.15) is 0 Å². The van der Waals surface area contributed by atoms with Gasteiger partial charge in [0.05, 0.1) is 6.42 Å². The fourth-order valence-corrected chi connectivity index (χ4v) is 2.84. The molecule has 0 saturated heterocycles. The lowest BCUT2D eigenvalue weighted by molar-refractivity contribution is -0.120. The molecule has 2 rings (SSSR count). The number of carbonyl (C=O) groups excluding carboxylic acids is 1. The van der Waals surface area contributed by atoms with Crippen LogP contribution in [-0.2, 0) is 17.8 Å². The van der Waals surface area contributed by atoms with Gasteiger partial charge in [-0.3, -0.25) is 4.79 Å². The lowest BCUT2D eigenvalue weighted by atomic mass is 10.0. The van der Waals surface area contributed by atoms with Crippen LogP contribution in [0.4, 0.5) is 5.69 Å². The van der Waals surface area contributed by atoms with Gasteiger partial charge in [0.15, 0.2) is 0 Å². The Hall–Kier alpha value is -2.29. The van der Waals surface area contributed by atoms with Crippen molar-refractivity contribution in [2.45, 2.75) is 40.7 Å². The van der Waals surface area contributed by atoms with Crippen molar-refractivity contribution in [1.29, 1.82) is 0 Å². The zero-order chi connectivity index (χ0) is 17.5. The number of carbonyl (C=O) groups is 1. The lowest BCUT2D eigenvalue weighted by Gasteiger charge is -2.21. The normalized spacial score (nSPS) is 10.5. The first kappa shape index (κ1) is 18.1. The van der Waals surface area contributed by atoms with Gasteiger partial charge >= 0.3 is 0 Å². The monoisotopic (exact) mass is 324 g/mol. The standard InChI is InChI=1S/C21H28N2O/c1-5-23(6-2)20-11-9-18(10-12-20)15-22-21(24)14-19-13-16(3)7-8-17(19)4/h7-13H,5-6,14-15H2,1-4H3,(H,22,24). The number of hydrogen-bond donors (Lipinski definition) is 1. The van der Waals surface area contributed by atoms with Gasteiger partial charge in [0.25, 0.3) is 0 Å². The maximum absolute atomic E-state index is 12.2. The molecule has 2 aromatic rings. The summed E-state index contributed by atoms with van der Waals surface area (Å²) in [6.07, 6.45) is 0.436. The van der Waals surface area contributed by atoms with Crippen molar-refractivity contribution in [2.24, 2.45) is 0 Å². The fourth-order valence-electron chi connectivity index (χ4n) is 2.84. The minimum atomic E-state index is 0.0662. The average Bonchev–Trinajstić information content (AvgIpc) is 2.58. The smallest absolute Gasteiger partial charge is 0.224 e. The van der Waals surface area contributed by atoms with Crippen LogP contribution in [0.1, 0.15) is 36.1 Å². The van der Waals surface area contributed by atoms with E-state index in [4.69, 9.17) is 0 Å².